The van der Waals surface area contributed by atoms with Gasteiger partial charge in [0.25, 0.3) is 0 Å². The van der Waals surface area contributed by atoms with Gasteiger partial charge in [-0.15, -0.1) is 0 Å². The Kier molecular flexibility index (Phi) is 13.1. The van der Waals surface area contributed by atoms with Crippen molar-refractivity contribution in [3.63, 3.8) is 0 Å². The van der Waals surface area contributed by atoms with E-state index in [0.29, 0.717) is 22.0 Å². The summed E-state index contributed by atoms with van der Waals surface area (Å²) in [7, 11) is 0. The molecule has 0 aliphatic heterocycles. The molecule has 0 bridgehead atoms. The molecule has 0 aromatic heterocycles. The van der Waals surface area contributed by atoms with E-state index in [4.69, 9.17) is 11.6 Å². The number of fused-ring (bicyclic) bond motifs is 1. The van der Waals surface area contributed by atoms with Crippen LogP contribution in [0, 0.1) is 5.92 Å². The van der Waals surface area contributed by atoms with Gasteiger partial charge in [0.05, 0.1) is 5.57 Å². The predicted octanol–water partition coefficient (Wildman–Crippen LogP) is 8.37. The lowest BCUT2D eigenvalue weighted by molar-refractivity contribution is -0.132. The minimum absolute atomic E-state index is 0.0650. The van der Waals surface area contributed by atoms with Crippen LogP contribution in [0.2, 0.25) is 0 Å². The normalized spacial score (nSPS) is 15.7. The molecule has 1 aliphatic carbocycles. The minimum Gasteiger partial charge on any atom is -0.478 e. The molecule has 184 valence electrons. The van der Waals surface area contributed by atoms with Crippen molar-refractivity contribution in [2.24, 2.45) is 5.92 Å². The number of aliphatic carboxylic acids is 1. The highest BCUT2D eigenvalue weighted by molar-refractivity contribution is 6.30. The van der Waals surface area contributed by atoms with Crippen molar-refractivity contribution >= 4 is 23.3 Å². The molecule has 0 saturated carbocycles. The number of carboxylic acids is 1. The molecule has 0 fully saturated rings. The molecule has 2 aromatic carbocycles. The predicted molar refractivity (Wildman–Crippen MR) is 147 cm³/mol. The summed E-state index contributed by atoms with van der Waals surface area (Å²) in [5.74, 6) is -0.917. The van der Waals surface area contributed by atoms with Gasteiger partial charge in [-0.3, -0.25) is 0 Å². The van der Waals surface area contributed by atoms with Crippen LogP contribution in [0.3, 0.4) is 0 Å². The van der Waals surface area contributed by atoms with Crippen molar-refractivity contribution in [1.82, 2.24) is 5.32 Å². The lowest BCUT2D eigenvalue weighted by Crippen LogP contribution is -2.24. The second kappa shape index (κ2) is 15.2. The smallest absolute Gasteiger partial charge is 0.337 e. The fraction of sp³-hybridized carbons (Fsp3) is 0.367. The van der Waals surface area contributed by atoms with Crippen LogP contribution in [0.15, 0.2) is 83.1 Å². The van der Waals surface area contributed by atoms with E-state index < -0.39 is 5.97 Å². The van der Waals surface area contributed by atoms with Gasteiger partial charge in [0.1, 0.15) is 0 Å². The maximum absolute atomic E-state index is 12.3. The molecule has 0 radical (unpaired) electrons. The average Bonchev–Trinajstić information content (AvgIpc) is 2.83. The van der Waals surface area contributed by atoms with Gasteiger partial charge in [0.15, 0.2) is 0 Å². The summed E-state index contributed by atoms with van der Waals surface area (Å²) in [4.78, 5) is 12.3. The molecule has 1 atom stereocenters. The molecule has 0 amide bonds. The molecule has 34 heavy (non-hydrogen) atoms. The second-order valence-electron chi connectivity index (χ2n) is 8.14. The van der Waals surface area contributed by atoms with E-state index in [2.05, 4.69) is 43.9 Å². The first-order valence-corrected chi connectivity index (χ1v) is 12.6. The maximum Gasteiger partial charge on any atom is 0.337 e. The van der Waals surface area contributed by atoms with Crippen LogP contribution < -0.4 is 5.32 Å². The van der Waals surface area contributed by atoms with Crippen molar-refractivity contribution in [2.45, 2.75) is 67.2 Å². The van der Waals surface area contributed by atoms with E-state index in [0.717, 1.165) is 24.8 Å². The van der Waals surface area contributed by atoms with E-state index in [1.54, 1.807) is 13.8 Å². The molecule has 1 aliphatic rings. The zero-order chi connectivity index (χ0) is 25.7. The Labute approximate surface area is 211 Å². The summed E-state index contributed by atoms with van der Waals surface area (Å²) in [5, 5.41) is 13.8. The summed E-state index contributed by atoms with van der Waals surface area (Å²) < 4.78 is 0. The lowest BCUT2D eigenvalue weighted by Gasteiger charge is -2.29. The molecule has 4 heteroatoms. The number of hydrogen-bond acceptors (Lipinski definition) is 2. The van der Waals surface area contributed by atoms with Gasteiger partial charge in [0, 0.05) is 16.4 Å². The lowest BCUT2D eigenvalue weighted by atomic mass is 9.77. The Morgan fingerprint density at radius 1 is 1.03 bits per heavy atom. The summed E-state index contributed by atoms with van der Waals surface area (Å²) in [5.41, 5.74) is 5.66. The molecule has 3 nitrogen and oxygen atoms in total. The first kappa shape index (κ1) is 29.3. The number of rotatable bonds is 6. The van der Waals surface area contributed by atoms with Crippen LogP contribution in [0.5, 0.6) is 0 Å². The van der Waals surface area contributed by atoms with Crippen LogP contribution >= 0.6 is 11.6 Å². The Hall–Kier alpha value is -2.78. The van der Waals surface area contributed by atoms with Gasteiger partial charge in [0.2, 0.25) is 0 Å². The van der Waals surface area contributed by atoms with E-state index in [1.807, 2.05) is 50.2 Å². The Bertz CT molecular complexity index is 1000. The Morgan fingerprint density at radius 2 is 1.56 bits per heavy atom. The van der Waals surface area contributed by atoms with Crippen molar-refractivity contribution in [1.29, 1.82) is 0 Å². The van der Waals surface area contributed by atoms with E-state index in [-0.39, 0.29) is 11.5 Å². The third-order valence-electron chi connectivity index (χ3n) is 5.45. The molecule has 0 heterocycles. The van der Waals surface area contributed by atoms with Crippen molar-refractivity contribution in [2.75, 3.05) is 0 Å². The summed E-state index contributed by atoms with van der Waals surface area (Å²) in [6, 6.07) is 18.0. The van der Waals surface area contributed by atoms with Gasteiger partial charge in [-0.1, -0.05) is 107 Å². The number of carboxylic acid groups (broad SMARTS) is 1. The Balaban J connectivity index is 0.00000107. The van der Waals surface area contributed by atoms with Crippen molar-refractivity contribution in [3.8, 4) is 0 Å². The van der Waals surface area contributed by atoms with E-state index in [1.165, 1.54) is 17.5 Å². The number of nitrogens with one attached hydrogen (secondary N) is 1. The number of hydrogen-bond donors (Lipinski definition) is 2. The van der Waals surface area contributed by atoms with Crippen LogP contribution in [-0.2, 0) is 17.6 Å². The second-order valence-corrected chi connectivity index (χ2v) is 8.70. The van der Waals surface area contributed by atoms with Gasteiger partial charge in [-0.05, 0) is 61.3 Å². The molecular formula is C30H40ClNO2. The number of halogens is 1. The standard InChI is InChI=1S/C25H26ClNO2.C3H8.C2H6/c1-16(26)23(22-14-13-20-11-7-8-12-21(20)15-22)24(25(28)29)18(3)27-17(2)19-9-5-4-6-10-19;1-3-2;1-2/h4-12,22,27H,2,13-15H2,1,3H3,(H,28,29);3H2,1-2H3;1-2H3/b23-16+,24-18-;;. The van der Waals surface area contributed by atoms with Crippen molar-refractivity contribution < 1.29 is 9.90 Å². The minimum atomic E-state index is -0.982. The molecule has 3 rings (SSSR count). The monoisotopic (exact) mass is 481 g/mol. The molecule has 2 N–H and O–H groups in total. The summed E-state index contributed by atoms with van der Waals surface area (Å²) in [6.45, 7) is 15.9. The van der Waals surface area contributed by atoms with Crippen LogP contribution in [-0.4, -0.2) is 11.1 Å². The van der Waals surface area contributed by atoms with Crippen molar-refractivity contribution in [3.05, 3.63) is 99.7 Å². The highest BCUT2D eigenvalue weighted by Crippen LogP contribution is 2.37. The quantitative estimate of drug-likeness (QED) is 0.321. The topological polar surface area (TPSA) is 49.3 Å². The molecular weight excluding hydrogens is 442 g/mol. The number of allylic oxidation sites excluding steroid dienone is 2. The summed E-state index contributed by atoms with van der Waals surface area (Å²) >= 11 is 6.47. The van der Waals surface area contributed by atoms with E-state index in [9.17, 15) is 9.90 Å². The number of carbonyl (C=O) groups is 1. The Morgan fingerprint density at radius 3 is 2.09 bits per heavy atom. The number of benzene rings is 2. The van der Waals surface area contributed by atoms with Crippen LogP contribution in [0.4, 0.5) is 0 Å². The maximum atomic E-state index is 12.3. The van der Waals surface area contributed by atoms with Gasteiger partial charge < -0.3 is 10.4 Å². The molecule has 1 unspecified atom stereocenters. The van der Waals surface area contributed by atoms with Gasteiger partial charge in [-0.25, -0.2) is 4.79 Å². The van der Waals surface area contributed by atoms with Gasteiger partial charge in [-0.2, -0.15) is 0 Å². The molecule has 2 aromatic rings. The first-order chi connectivity index (χ1) is 16.3. The summed E-state index contributed by atoms with van der Waals surface area (Å²) in [6.07, 6.45) is 3.84. The zero-order valence-electron chi connectivity index (χ0n) is 21.5. The van der Waals surface area contributed by atoms with Crippen LogP contribution in [0.1, 0.15) is 71.1 Å². The molecule has 0 saturated heterocycles. The highest BCUT2D eigenvalue weighted by atomic mass is 35.5. The molecule has 0 spiro atoms. The average molecular weight is 482 g/mol. The fourth-order valence-corrected chi connectivity index (χ4v) is 4.33. The highest BCUT2D eigenvalue weighted by Gasteiger charge is 2.29. The SMILES string of the molecule is C=C(N/C(C)=C(C(=O)O)/C(=C(\C)Cl)C1CCc2ccccc2C1)c1ccccc1.CC.CCC. The van der Waals surface area contributed by atoms with Crippen LogP contribution in [0.25, 0.3) is 5.70 Å². The number of aryl methyl sites for hydroxylation is 1. The third-order valence-corrected chi connectivity index (χ3v) is 5.65. The largest absolute Gasteiger partial charge is 0.478 e. The first-order valence-electron chi connectivity index (χ1n) is 12.2. The zero-order valence-corrected chi connectivity index (χ0v) is 22.3. The third kappa shape index (κ3) is 8.22. The van der Waals surface area contributed by atoms with Gasteiger partial charge >= 0.3 is 5.97 Å². The fourth-order valence-electron chi connectivity index (χ4n) is 4.08. The van der Waals surface area contributed by atoms with E-state index >= 15 is 0 Å².